The second-order valence-corrected chi connectivity index (χ2v) is 7.07. The number of aromatic nitrogens is 4. The molecule has 1 aromatic carbocycles. The van der Waals surface area contributed by atoms with E-state index in [9.17, 15) is 4.79 Å². The molecule has 4 rings (SSSR count). The molecule has 7 heteroatoms. The Bertz CT molecular complexity index is 958. The van der Waals surface area contributed by atoms with E-state index < -0.39 is 11.8 Å². The van der Waals surface area contributed by atoms with Gasteiger partial charge in [-0.25, -0.2) is 9.78 Å². The lowest BCUT2D eigenvalue weighted by Crippen LogP contribution is -2.42. The molecule has 4 atom stereocenters. The molecule has 1 aliphatic rings. The van der Waals surface area contributed by atoms with E-state index in [4.69, 9.17) is 9.47 Å². The number of ether oxygens (including phenoxy) is 2. The molecular weight excluding hydrogens is 344 g/mol. The highest BCUT2D eigenvalue weighted by molar-refractivity contribution is 5.89. The summed E-state index contributed by atoms with van der Waals surface area (Å²) in [6.45, 7) is 6.06. The van der Waals surface area contributed by atoms with Gasteiger partial charge in [-0.3, -0.25) is 4.57 Å². The number of benzene rings is 1. The molecule has 0 aliphatic carbocycles. The van der Waals surface area contributed by atoms with Gasteiger partial charge in [0.05, 0.1) is 35.9 Å². The Kier molecular flexibility index (Phi) is 4.39. The van der Waals surface area contributed by atoms with Crippen LogP contribution in [0, 0.1) is 5.92 Å². The number of fused-ring (bicyclic) bond motifs is 1. The van der Waals surface area contributed by atoms with Crippen molar-refractivity contribution in [3.05, 3.63) is 54.6 Å². The first-order valence-corrected chi connectivity index (χ1v) is 9.11. The summed E-state index contributed by atoms with van der Waals surface area (Å²) in [5.41, 5.74) is 1.18. The number of hydrogen-bond donors (Lipinski definition) is 0. The molecule has 3 aromatic rings. The van der Waals surface area contributed by atoms with Gasteiger partial charge in [-0.05, 0) is 25.5 Å². The van der Waals surface area contributed by atoms with E-state index in [0.717, 1.165) is 17.5 Å². The molecule has 0 radical (unpaired) electrons. The lowest BCUT2D eigenvalue weighted by Gasteiger charge is -2.34. The summed E-state index contributed by atoms with van der Waals surface area (Å²) in [5, 5.41) is 7.83. The zero-order chi connectivity index (χ0) is 19.0. The van der Waals surface area contributed by atoms with Gasteiger partial charge in [0.1, 0.15) is 5.52 Å². The minimum absolute atomic E-state index is 0.00686. The summed E-state index contributed by atoms with van der Waals surface area (Å²) < 4.78 is 14.3. The van der Waals surface area contributed by atoms with Crippen LogP contribution in [-0.4, -0.2) is 37.4 Å². The van der Waals surface area contributed by atoms with Crippen LogP contribution in [0.1, 0.15) is 43.8 Å². The first kappa shape index (κ1) is 17.6. The van der Waals surface area contributed by atoms with Crippen LogP contribution in [0.5, 0.6) is 0 Å². The molecule has 0 N–H and O–H groups in total. The summed E-state index contributed by atoms with van der Waals surface area (Å²) in [7, 11) is 0. The molecule has 140 valence electrons. The number of rotatable bonds is 4. The van der Waals surface area contributed by atoms with E-state index in [0.29, 0.717) is 5.56 Å². The Labute approximate surface area is 157 Å². The largest absolute Gasteiger partial charge is 0.451 e. The normalized spacial score (nSPS) is 27.7. The van der Waals surface area contributed by atoms with Crippen molar-refractivity contribution in [1.29, 1.82) is 0 Å². The van der Waals surface area contributed by atoms with Crippen molar-refractivity contribution in [2.45, 2.75) is 45.1 Å². The Morgan fingerprint density at radius 1 is 1.26 bits per heavy atom. The summed E-state index contributed by atoms with van der Waals surface area (Å²) in [4.78, 5) is 17.2. The van der Waals surface area contributed by atoms with Gasteiger partial charge >= 0.3 is 5.97 Å². The maximum atomic E-state index is 12.8. The van der Waals surface area contributed by atoms with Gasteiger partial charge in [0, 0.05) is 5.92 Å². The van der Waals surface area contributed by atoms with E-state index in [-0.39, 0.29) is 18.0 Å². The van der Waals surface area contributed by atoms with Gasteiger partial charge in [-0.1, -0.05) is 32.0 Å². The van der Waals surface area contributed by atoms with E-state index in [1.807, 2.05) is 29.7 Å². The summed E-state index contributed by atoms with van der Waals surface area (Å²) in [6.07, 6.45) is 5.24. The molecule has 1 aliphatic heterocycles. The minimum atomic E-state index is -0.857. The highest BCUT2D eigenvalue weighted by Crippen LogP contribution is 2.47. The Balaban J connectivity index is 1.74. The van der Waals surface area contributed by atoms with Crippen LogP contribution in [0.2, 0.25) is 0 Å². The van der Waals surface area contributed by atoms with Crippen molar-refractivity contribution >= 4 is 17.0 Å². The van der Waals surface area contributed by atoms with Gasteiger partial charge in [-0.2, -0.15) is 10.2 Å². The predicted molar refractivity (Wildman–Crippen MR) is 99.0 cm³/mol. The van der Waals surface area contributed by atoms with Crippen molar-refractivity contribution in [2.24, 2.45) is 5.92 Å². The highest BCUT2D eigenvalue weighted by atomic mass is 16.6. The fraction of sp³-hybridized carbons (Fsp3) is 0.400. The average Bonchev–Trinajstić information content (AvgIpc) is 3.22. The third-order valence-electron chi connectivity index (χ3n) is 5.52. The fourth-order valence-electron chi connectivity index (χ4n) is 3.76. The molecule has 2 aromatic heterocycles. The molecule has 27 heavy (non-hydrogen) atoms. The van der Waals surface area contributed by atoms with Crippen LogP contribution in [-0.2, 0) is 9.47 Å². The van der Waals surface area contributed by atoms with Crippen LogP contribution >= 0.6 is 0 Å². The number of carbonyl (C=O) groups is 1. The topological polar surface area (TPSA) is 79.1 Å². The van der Waals surface area contributed by atoms with Crippen molar-refractivity contribution < 1.29 is 14.3 Å². The van der Waals surface area contributed by atoms with Crippen molar-refractivity contribution in [3.63, 3.8) is 0 Å². The quantitative estimate of drug-likeness (QED) is 0.659. The molecule has 0 saturated carbocycles. The number of carbonyl (C=O) groups excluding carboxylic acids is 1. The second kappa shape index (κ2) is 6.74. The lowest BCUT2D eigenvalue weighted by atomic mass is 9.86. The smallest absolute Gasteiger partial charge is 0.338 e. The maximum Gasteiger partial charge on any atom is 0.338 e. The third-order valence-corrected chi connectivity index (χ3v) is 5.52. The van der Waals surface area contributed by atoms with Gasteiger partial charge < -0.3 is 9.47 Å². The van der Waals surface area contributed by atoms with E-state index in [1.165, 1.54) is 0 Å². The van der Waals surface area contributed by atoms with Gasteiger partial charge in [0.15, 0.2) is 11.8 Å². The standard InChI is InChI=1S/C20H22N4O3/c1-4-17-13(2)20(3,27-18(25)14-8-6-5-7-9-14)19(26-17)24-12-21-15-10-22-23-11-16(15)24/h5-13,17,19H,4H2,1-3H3/t13-,17-,19-,20-/m1/s1. The third kappa shape index (κ3) is 2.88. The van der Waals surface area contributed by atoms with Gasteiger partial charge in [0.25, 0.3) is 0 Å². The van der Waals surface area contributed by atoms with E-state index >= 15 is 0 Å². The molecular formula is C20H22N4O3. The SMILES string of the molecule is CC[C@H]1O[C@@H](n2cnc3cnncc32)[C@](C)(OC(=O)c2ccccc2)[C@@H]1C. The zero-order valence-corrected chi connectivity index (χ0v) is 15.6. The Morgan fingerprint density at radius 3 is 2.74 bits per heavy atom. The molecule has 7 nitrogen and oxygen atoms in total. The van der Waals surface area contributed by atoms with Crippen LogP contribution in [0.25, 0.3) is 11.0 Å². The highest BCUT2D eigenvalue weighted by Gasteiger charge is 2.55. The number of nitrogens with zero attached hydrogens (tertiary/aromatic N) is 4. The average molecular weight is 366 g/mol. The monoisotopic (exact) mass is 366 g/mol. The number of imidazole rings is 1. The van der Waals surface area contributed by atoms with Crippen LogP contribution in [0.3, 0.4) is 0 Å². The van der Waals surface area contributed by atoms with Crippen molar-refractivity contribution in [3.8, 4) is 0 Å². The summed E-state index contributed by atoms with van der Waals surface area (Å²) in [6, 6.07) is 9.01. The summed E-state index contributed by atoms with van der Waals surface area (Å²) >= 11 is 0. The molecule has 1 saturated heterocycles. The van der Waals surface area contributed by atoms with Crippen LogP contribution < -0.4 is 0 Å². The Hall–Kier alpha value is -2.80. The van der Waals surface area contributed by atoms with Gasteiger partial charge in [0.2, 0.25) is 0 Å². The number of esters is 1. The molecule has 0 bridgehead atoms. The van der Waals surface area contributed by atoms with Crippen molar-refractivity contribution in [1.82, 2.24) is 19.7 Å². The fourth-order valence-corrected chi connectivity index (χ4v) is 3.76. The summed E-state index contributed by atoms with van der Waals surface area (Å²) in [5.74, 6) is -0.355. The van der Waals surface area contributed by atoms with Crippen molar-refractivity contribution in [2.75, 3.05) is 0 Å². The van der Waals surface area contributed by atoms with E-state index in [1.54, 1.807) is 30.9 Å². The molecule has 0 spiro atoms. The molecule has 0 unspecified atom stereocenters. The Morgan fingerprint density at radius 2 is 2.00 bits per heavy atom. The van der Waals surface area contributed by atoms with E-state index in [2.05, 4.69) is 29.0 Å². The molecule has 3 heterocycles. The zero-order valence-electron chi connectivity index (χ0n) is 15.6. The molecule has 1 fully saturated rings. The maximum absolute atomic E-state index is 12.8. The van der Waals surface area contributed by atoms with Crippen LogP contribution in [0.4, 0.5) is 0 Å². The first-order valence-electron chi connectivity index (χ1n) is 9.11. The lowest BCUT2D eigenvalue weighted by molar-refractivity contribution is -0.0946. The first-order chi connectivity index (χ1) is 13.0. The minimum Gasteiger partial charge on any atom is -0.451 e. The molecule has 0 amide bonds. The van der Waals surface area contributed by atoms with Gasteiger partial charge in [-0.15, -0.1) is 0 Å². The van der Waals surface area contributed by atoms with Crippen LogP contribution in [0.15, 0.2) is 49.1 Å². The predicted octanol–water partition coefficient (Wildman–Crippen LogP) is 3.39. The second-order valence-electron chi connectivity index (χ2n) is 7.07. The number of hydrogen-bond acceptors (Lipinski definition) is 6.